The maximum Gasteiger partial charge on any atom is 0.255 e. The predicted octanol–water partition coefficient (Wildman–Crippen LogP) is 2.53. The van der Waals surface area contributed by atoms with Crippen molar-refractivity contribution in [1.29, 1.82) is 0 Å². The van der Waals surface area contributed by atoms with Gasteiger partial charge < -0.3 is 4.42 Å². The Morgan fingerprint density at radius 3 is 2.52 bits per heavy atom. The molecule has 0 aliphatic carbocycles. The Hall–Kier alpha value is -2.72. The molecule has 1 aromatic heterocycles. The van der Waals surface area contributed by atoms with Gasteiger partial charge in [-0.1, -0.05) is 23.2 Å². The summed E-state index contributed by atoms with van der Waals surface area (Å²) in [5.74, 6) is -0.730. The number of nitrogens with one attached hydrogen (secondary N) is 2. The Labute approximate surface area is 175 Å². The number of hydrogen-bond donors (Lipinski definition) is 2. The molecule has 0 saturated heterocycles. The van der Waals surface area contributed by atoms with Gasteiger partial charge in [-0.25, -0.2) is 18.6 Å². The molecule has 0 unspecified atom stereocenters. The van der Waals surface area contributed by atoms with Crippen LogP contribution in [0, 0.1) is 0 Å². The van der Waals surface area contributed by atoms with Gasteiger partial charge in [-0.05, 0) is 42.5 Å². The predicted molar refractivity (Wildman–Crippen MR) is 110 cm³/mol. The third-order valence-electron chi connectivity index (χ3n) is 3.70. The second-order valence-corrected chi connectivity index (χ2v) is 8.37. The number of hydrogen-bond acceptors (Lipinski definition) is 6. The van der Waals surface area contributed by atoms with Gasteiger partial charge in [-0.3, -0.25) is 9.59 Å². The lowest BCUT2D eigenvalue weighted by atomic mass is 10.2. The van der Waals surface area contributed by atoms with E-state index in [0.717, 1.165) is 6.21 Å². The van der Waals surface area contributed by atoms with Crippen LogP contribution in [0.15, 0.2) is 67.9 Å². The lowest BCUT2D eigenvalue weighted by molar-refractivity contribution is -0.119. The Kier molecular flexibility index (Phi) is 6.33. The molecule has 2 aromatic carbocycles. The number of carbonyl (C=O) groups is 1. The van der Waals surface area contributed by atoms with Crippen molar-refractivity contribution < 1.29 is 17.6 Å². The molecule has 0 fully saturated rings. The van der Waals surface area contributed by atoms with Crippen LogP contribution in [0.4, 0.5) is 0 Å². The summed E-state index contributed by atoms with van der Waals surface area (Å²) in [7, 11) is -3.88. The zero-order chi connectivity index (χ0) is 21.0. The highest BCUT2D eigenvalue weighted by Gasteiger charge is 2.15. The largest absolute Gasteiger partial charge is 0.463 e. The molecule has 1 heterocycles. The second kappa shape index (κ2) is 8.75. The number of benzene rings is 2. The van der Waals surface area contributed by atoms with Crippen LogP contribution in [-0.4, -0.2) is 27.1 Å². The van der Waals surface area contributed by atoms with Gasteiger partial charge in [0.05, 0.1) is 28.6 Å². The number of halogens is 2. The van der Waals surface area contributed by atoms with E-state index in [9.17, 15) is 18.0 Å². The third-order valence-corrected chi connectivity index (χ3v) is 5.61. The monoisotopic (exact) mass is 453 g/mol. The lowest BCUT2D eigenvalue weighted by Gasteiger charge is -2.06. The molecule has 0 aliphatic rings. The van der Waals surface area contributed by atoms with Crippen molar-refractivity contribution in [1.82, 2.24) is 10.1 Å². The fourth-order valence-electron chi connectivity index (χ4n) is 2.28. The summed E-state index contributed by atoms with van der Waals surface area (Å²) >= 11 is 11.6. The number of sulfonamides is 1. The third kappa shape index (κ3) is 5.21. The molecule has 1 amide bonds. The minimum atomic E-state index is -3.88. The van der Waals surface area contributed by atoms with Crippen molar-refractivity contribution in [3.05, 3.63) is 74.6 Å². The first-order valence-corrected chi connectivity index (χ1v) is 10.3. The van der Waals surface area contributed by atoms with Crippen LogP contribution >= 0.6 is 23.2 Å². The van der Waals surface area contributed by atoms with Gasteiger partial charge in [0.25, 0.3) is 5.91 Å². The topological polar surface area (TPSA) is 118 Å². The van der Waals surface area contributed by atoms with Crippen molar-refractivity contribution in [3.8, 4) is 0 Å². The van der Waals surface area contributed by atoms with Gasteiger partial charge in [-0.15, -0.1) is 0 Å². The number of fused-ring (bicyclic) bond motifs is 1. The van der Waals surface area contributed by atoms with E-state index in [1.54, 1.807) is 12.1 Å². The number of amides is 1. The van der Waals surface area contributed by atoms with E-state index in [-0.39, 0.29) is 21.3 Å². The first kappa shape index (κ1) is 21.0. The van der Waals surface area contributed by atoms with Crippen LogP contribution in [0.2, 0.25) is 10.0 Å². The molecule has 0 atom stereocenters. The Balaban J connectivity index is 1.63. The molecular formula is C18H13Cl2N3O5S. The van der Waals surface area contributed by atoms with Gasteiger partial charge in [0.2, 0.25) is 15.5 Å². The number of carbonyl (C=O) groups excluding carboxylic acids is 1. The van der Waals surface area contributed by atoms with Crippen LogP contribution in [0.5, 0.6) is 0 Å². The van der Waals surface area contributed by atoms with E-state index in [4.69, 9.17) is 27.6 Å². The van der Waals surface area contributed by atoms with Crippen LogP contribution < -0.4 is 15.6 Å². The first-order valence-electron chi connectivity index (χ1n) is 8.04. The minimum Gasteiger partial charge on any atom is -0.463 e. The summed E-state index contributed by atoms with van der Waals surface area (Å²) in [4.78, 5) is 24.1. The van der Waals surface area contributed by atoms with E-state index >= 15 is 0 Å². The molecule has 3 aromatic rings. The molecule has 3 rings (SSSR count). The Bertz CT molecular complexity index is 1250. The van der Waals surface area contributed by atoms with Crippen LogP contribution in [0.3, 0.4) is 0 Å². The fraction of sp³-hybridized carbons (Fsp3) is 0.0556. The molecule has 8 nitrogen and oxygen atoms in total. The molecule has 29 heavy (non-hydrogen) atoms. The molecule has 0 aliphatic heterocycles. The molecule has 11 heteroatoms. The van der Waals surface area contributed by atoms with Crippen molar-refractivity contribution >= 4 is 56.3 Å². The quantitative estimate of drug-likeness (QED) is 0.439. The Morgan fingerprint density at radius 1 is 1.10 bits per heavy atom. The number of rotatable bonds is 6. The van der Waals surface area contributed by atoms with E-state index in [1.807, 2.05) is 0 Å². The van der Waals surface area contributed by atoms with Crippen molar-refractivity contribution in [2.24, 2.45) is 5.10 Å². The zero-order valence-electron chi connectivity index (χ0n) is 14.6. The van der Waals surface area contributed by atoms with Gasteiger partial charge >= 0.3 is 0 Å². The highest BCUT2D eigenvalue weighted by atomic mass is 35.5. The van der Waals surface area contributed by atoms with E-state index in [1.165, 1.54) is 36.6 Å². The Morgan fingerprint density at radius 2 is 1.79 bits per heavy atom. The molecule has 150 valence electrons. The van der Waals surface area contributed by atoms with Crippen LogP contribution in [-0.2, 0) is 14.8 Å². The SMILES string of the molecule is O=C(CNS(=O)(=O)c1ccc(Cl)cc1)N/N=C/c1coc2ccc(Cl)cc2c1=O. The summed E-state index contributed by atoms with van der Waals surface area (Å²) in [5.41, 5.74) is 2.19. The van der Waals surface area contributed by atoms with E-state index in [2.05, 4.69) is 15.2 Å². The highest BCUT2D eigenvalue weighted by Crippen LogP contribution is 2.16. The molecule has 0 bridgehead atoms. The minimum absolute atomic E-state index is 0.0364. The molecular weight excluding hydrogens is 441 g/mol. The smallest absolute Gasteiger partial charge is 0.255 e. The molecule has 0 radical (unpaired) electrons. The summed E-state index contributed by atoms with van der Waals surface area (Å²) < 4.78 is 31.7. The van der Waals surface area contributed by atoms with Crippen molar-refractivity contribution in [2.45, 2.75) is 4.90 Å². The average molecular weight is 454 g/mol. The van der Waals surface area contributed by atoms with Crippen molar-refractivity contribution in [3.63, 3.8) is 0 Å². The summed E-state index contributed by atoms with van der Waals surface area (Å²) in [6.45, 7) is -0.551. The molecule has 2 N–H and O–H groups in total. The van der Waals surface area contributed by atoms with Gasteiger partial charge in [0.1, 0.15) is 11.8 Å². The second-order valence-electron chi connectivity index (χ2n) is 5.73. The summed E-state index contributed by atoms with van der Waals surface area (Å²) in [6, 6.07) is 10.1. The summed E-state index contributed by atoms with van der Waals surface area (Å²) in [5, 5.41) is 4.67. The van der Waals surface area contributed by atoms with Gasteiger partial charge in [-0.2, -0.15) is 5.10 Å². The number of nitrogens with zero attached hydrogens (tertiary/aromatic N) is 1. The normalized spacial score (nSPS) is 11.8. The van der Waals surface area contributed by atoms with E-state index in [0.29, 0.717) is 15.6 Å². The van der Waals surface area contributed by atoms with E-state index < -0.39 is 22.5 Å². The van der Waals surface area contributed by atoms with Gasteiger partial charge in [0, 0.05) is 10.0 Å². The van der Waals surface area contributed by atoms with Crippen LogP contribution in [0.1, 0.15) is 5.56 Å². The van der Waals surface area contributed by atoms with Crippen molar-refractivity contribution in [2.75, 3.05) is 6.54 Å². The maximum absolute atomic E-state index is 12.4. The van der Waals surface area contributed by atoms with Gasteiger partial charge in [0.15, 0.2) is 0 Å². The summed E-state index contributed by atoms with van der Waals surface area (Å²) in [6.07, 6.45) is 2.29. The average Bonchev–Trinajstić information content (AvgIpc) is 2.69. The van der Waals surface area contributed by atoms with Crippen LogP contribution in [0.25, 0.3) is 11.0 Å². The highest BCUT2D eigenvalue weighted by molar-refractivity contribution is 7.89. The maximum atomic E-state index is 12.4. The number of hydrazone groups is 1. The molecule has 0 spiro atoms. The fourth-order valence-corrected chi connectivity index (χ4v) is 3.56. The zero-order valence-corrected chi connectivity index (χ0v) is 16.9. The standard InChI is InChI=1S/C18H13Cl2N3O5S/c19-12-1-4-14(5-2-12)29(26,27)22-9-17(24)23-21-8-11-10-28-16-6-3-13(20)7-15(16)18(11)25/h1-8,10,22H,9H2,(H,23,24)/b21-8+. The lowest BCUT2D eigenvalue weighted by Crippen LogP contribution is -2.35. The molecule has 0 saturated carbocycles. The first-order chi connectivity index (χ1) is 13.8.